The maximum atomic E-state index is 12.1. The number of aromatic nitrogens is 2. The van der Waals surface area contributed by atoms with Gasteiger partial charge in [-0.15, -0.1) is 12.4 Å². The molecular formula is C14H25ClN4O2. The number of aryl methyl sites for hydroxylation is 1. The van der Waals surface area contributed by atoms with Gasteiger partial charge in [-0.05, 0) is 13.5 Å². The lowest BCUT2D eigenvalue weighted by atomic mass is 9.95. The number of carbonyl (C=O) groups excluding carboxylic acids is 1. The highest BCUT2D eigenvalue weighted by molar-refractivity contribution is 5.94. The Balaban J connectivity index is 0.00000400. The second kappa shape index (κ2) is 8.14. The summed E-state index contributed by atoms with van der Waals surface area (Å²) in [5.74, 6) is 0.207. The van der Waals surface area contributed by atoms with Crippen LogP contribution in [0.3, 0.4) is 0 Å². The highest BCUT2D eigenvalue weighted by atomic mass is 35.5. The number of nitrogens with one attached hydrogen (secondary N) is 3. The van der Waals surface area contributed by atoms with Crippen molar-refractivity contribution < 1.29 is 4.79 Å². The molecule has 1 rings (SSSR count). The van der Waals surface area contributed by atoms with Crippen LogP contribution in [0.2, 0.25) is 0 Å². The Morgan fingerprint density at radius 1 is 1.29 bits per heavy atom. The van der Waals surface area contributed by atoms with Crippen LogP contribution in [0.1, 0.15) is 49.6 Å². The van der Waals surface area contributed by atoms with Crippen LogP contribution in [0.15, 0.2) is 4.79 Å². The zero-order chi connectivity index (χ0) is 15.3. The summed E-state index contributed by atoms with van der Waals surface area (Å²) in [6.07, 6.45) is 0. The summed E-state index contributed by atoms with van der Waals surface area (Å²) >= 11 is 0. The lowest BCUT2D eigenvalue weighted by Gasteiger charge is -2.18. The molecule has 1 aromatic rings. The van der Waals surface area contributed by atoms with Crippen molar-refractivity contribution in [2.24, 2.45) is 0 Å². The molecule has 120 valence electrons. The van der Waals surface area contributed by atoms with E-state index in [2.05, 4.69) is 20.6 Å². The SMILES string of the molecule is CCNCCNC(=O)c1c(C)nc(C(C)(C)C)[nH]c1=O.Cl. The van der Waals surface area contributed by atoms with Crippen molar-refractivity contribution in [2.45, 2.75) is 40.0 Å². The molecule has 0 saturated carbocycles. The summed E-state index contributed by atoms with van der Waals surface area (Å²) < 4.78 is 0. The zero-order valence-corrected chi connectivity index (χ0v) is 14.1. The molecule has 0 aliphatic heterocycles. The Hall–Kier alpha value is -1.40. The van der Waals surface area contributed by atoms with Gasteiger partial charge in [0, 0.05) is 18.5 Å². The standard InChI is InChI=1S/C14H24N4O2.ClH/c1-6-15-7-8-16-11(19)10-9(2)17-13(14(3,4)5)18-12(10)20;/h15H,6-8H2,1-5H3,(H,16,19)(H,17,18,20);1H. The van der Waals surface area contributed by atoms with Crippen molar-refractivity contribution in [2.75, 3.05) is 19.6 Å². The van der Waals surface area contributed by atoms with Gasteiger partial charge in [0.25, 0.3) is 11.5 Å². The number of amides is 1. The van der Waals surface area contributed by atoms with Crippen LogP contribution in [0.4, 0.5) is 0 Å². The molecule has 0 unspecified atom stereocenters. The van der Waals surface area contributed by atoms with Crippen molar-refractivity contribution in [3.8, 4) is 0 Å². The van der Waals surface area contributed by atoms with Gasteiger partial charge in [0.15, 0.2) is 0 Å². The number of carbonyl (C=O) groups is 1. The normalized spacial score (nSPS) is 10.9. The van der Waals surface area contributed by atoms with Gasteiger partial charge in [-0.1, -0.05) is 27.7 Å². The van der Waals surface area contributed by atoms with Crippen molar-refractivity contribution in [3.05, 3.63) is 27.4 Å². The summed E-state index contributed by atoms with van der Waals surface area (Å²) in [7, 11) is 0. The maximum Gasteiger partial charge on any atom is 0.264 e. The lowest BCUT2D eigenvalue weighted by Crippen LogP contribution is -2.36. The number of aromatic amines is 1. The van der Waals surface area contributed by atoms with Gasteiger partial charge in [0.05, 0.1) is 5.69 Å². The Morgan fingerprint density at radius 2 is 1.90 bits per heavy atom. The van der Waals surface area contributed by atoms with E-state index in [0.29, 0.717) is 24.6 Å². The minimum atomic E-state index is -0.386. The van der Waals surface area contributed by atoms with Crippen molar-refractivity contribution >= 4 is 18.3 Å². The van der Waals surface area contributed by atoms with E-state index in [4.69, 9.17) is 0 Å². The third-order valence-corrected chi connectivity index (χ3v) is 2.88. The van der Waals surface area contributed by atoms with E-state index in [1.807, 2.05) is 27.7 Å². The average Bonchev–Trinajstić information content (AvgIpc) is 2.32. The molecule has 0 aliphatic carbocycles. The second-order valence-corrected chi connectivity index (χ2v) is 5.73. The van der Waals surface area contributed by atoms with E-state index >= 15 is 0 Å². The first-order valence-electron chi connectivity index (χ1n) is 6.87. The van der Waals surface area contributed by atoms with Crippen LogP contribution in [0, 0.1) is 6.92 Å². The molecule has 0 fully saturated rings. The number of hydrogen-bond acceptors (Lipinski definition) is 4. The fourth-order valence-electron chi connectivity index (χ4n) is 1.74. The molecule has 1 heterocycles. The first-order chi connectivity index (χ1) is 9.27. The first kappa shape index (κ1) is 19.6. The monoisotopic (exact) mass is 316 g/mol. The molecule has 6 nitrogen and oxygen atoms in total. The lowest BCUT2D eigenvalue weighted by molar-refractivity contribution is 0.0951. The second-order valence-electron chi connectivity index (χ2n) is 5.73. The quantitative estimate of drug-likeness (QED) is 0.711. The summed E-state index contributed by atoms with van der Waals surface area (Å²) in [5.41, 5.74) is -0.0956. The Bertz CT molecular complexity index is 535. The highest BCUT2D eigenvalue weighted by Crippen LogP contribution is 2.17. The molecule has 0 bridgehead atoms. The van der Waals surface area contributed by atoms with E-state index in [9.17, 15) is 9.59 Å². The minimum absolute atomic E-state index is 0. The molecule has 0 aliphatic rings. The topological polar surface area (TPSA) is 86.9 Å². The molecule has 1 amide bonds. The summed E-state index contributed by atoms with van der Waals surface area (Å²) in [6.45, 7) is 11.6. The number of H-pyrrole nitrogens is 1. The predicted octanol–water partition coefficient (Wildman–Crippen LogP) is 1.14. The number of hydrogen-bond donors (Lipinski definition) is 3. The Morgan fingerprint density at radius 3 is 2.38 bits per heavy atom. The van der Waals surface area contributed by atoms with E-state index in [0.717, 1.165) is 6.54 Å². The van der Waals surface area contributed by atoms with Crippen LogP contribution in [-0.2, 0) is 5.41 Å². The molecular weight excluding hydrogens is 292 g/mol. The van der Waals surface area contributed by atoms with Crippen LogP contribution >= 0.6 is 12.4 Å². The molecule has 0 spiro atoms. The van der Waals surface area contributed by atoms with Gasteiger partial charge in [-0.2, -0.15) is 0 Å². The Kier molecular flexibility index (Phi) is 7.60. The molecule has 0 atom stereocenters. The summed E-state index contributed by atoms with van der Waals surface area (Å²) in [6, 6.07) is 0. The number of likely N-dealkylation sites (N-methyl/N-ethyl adjacent to an activating group) is 1. The summed E-state index contributed by atoms with van der Waals surface area (Å²) in [5, 5.41) is 5.81. The van der Waals surface area contributed by atoms with Crippen LogP contribution in [0.5, 0.6) is 0 Å². The Labute approximate surface area is 131 Å². The molecule has 21 heavy (non-hydrogen) atoms. The molecule has 3 N–H and O–H groups in total. The molecule has 0 aromatic carbocycles. The predicted molar refractivity (Wildman–Crippen MR) is 86.4 cm³/mol. The zero-order valence-electron chi connectivity index (χ0n) is 13.3. The van der Waals surface area contributed by atoms with Crippen LogP contribution < -0.4 is 16.2 Å². The van der Waals surface area contributed by atoms with Gasteiger partial charge in [-0.25, -0.2) is 4.98 Å². The highest BCUT2D eigenvalue weighted by Gasteiger charge is 2.21. The van der Waals surface area contributed by atoms with Gasteiger partial charge < -0.3 is 15.6 Å². The smallest absolute Gasteiger partial charge is 0.264 e. The summed E-state index contributed by atoms with van der Waals surface area (Å²) in [4.78, 5) is 31.1. The van der Waals surface area contributed by atoms with Crippen molar-refractivity contribution in [1.29, 1.82) is 0 Å². The van der Waals surface area contributed by atoms with Gasteiger partial charge in [0.1, 0.15) is 11.4 Å². The number of halogens is 1. The van der Waals surface area contributed by atoms with Gasteiger partial charge in [-0.3, -0.25) is 9.59 Å². The number of rotatable bonds is 5. The third kappa shape index (κ3) is 5.47. The first-order valence-corrected chi connectivity index (χ1v) is 6.87. The van der Waals surface area contributed by atoms with Gasteiger partial charge >= 0.3 is 0 Å². The van der Waals surface area contributed by atoms with Crippen LogP contribution in [0.25, 0.3) is 0 Å². The number of nitrogens with zero attached hydrogens (tertiary/aromatic N) is 1. The van der Waals surface area contributed by atoms with E-state index in [1.54, 1.807) is 6.92 Å². The minimum Gasteiger partial charge on any atom is -0.351 e. The fraction of sp³-hybridized carbons (Fsp3) is 0.643. The molecule has 7 heteroatoms. The van der Waals surface area contributed by atoms with Crippen molar-refractivity contribution in [3.63, 3.8) is 0 Å². The van der Waals surface area contributed by atoms with Gasteiger partial charge in [0.2, 0.25) is 0 Å². The van der Waals surface area contributed by atoms with Crippen LogP contribution in [-0.4, -0.2) is 35.5 Å². The van der Waals surface area contributed by atoms with Crippen molar-refractivity contribution in [1.82, 2.24) is 20.6 Å². The van der Waals surface area contributed by atoms with E-state index in [1.165, 1.54) is 0 Å². The molecule has 0 saturated heterocycles. The van der Waals surface area contributed by atoms with E-state index in [-0.39, 0.29) is 34.9 Å². The average molecular weight is 317 g/mol. The molecule has 0 radical (unpaired) electrons. The maximum absolute atomic E-state index is 12.1. The molecule has 1 aromatic heterocycles. The van der Waals surface area contributed by atoms with E-state index < -0.39 is 0 Å². The fourth-order valence-corrected chi connectivity index (χ4v) is 1.74. The largest absolute Gasteiger partial charge is 0.351 e. The third-order valence-electron chi connectivity index (χ3n) is 2.88.